The number of nitro groups is 1. The van der Waals surface area contributed by atoms with E-state index in [1.807, 2.05) is 0 Å². The summed E-state index contributed by atoms with van der Waals surface area (Å²) in [7, 11) is 0. The Kier molecular flexibility index (Phi) is 3.21. The lowest BCUT2D eigenvalue weighted by Gasteiger charge is -2.04. The van der Waals surface area contributed by atoms with Crippen molar-refractivity contribution in [2.75, 3.05) is 11.6 Å². The fourth-order valence-electron chi connectivity index (χ4n) is 1.12. The molecule has 1 aromatic carbocycles. The lowest BCUT2D eigenvalue weighted by atomic mass is 10.1. The third-order valence-electron chi connectivity index (χ3n) is 1.74. The molecule has 5 nitrogen and oxygen atoms in total. The van der Waals surface area contributed by atoms with Crippen LogP contribution >= 0.6 is 11.6 Å². The van der Waals surface area contributed by atoms with E-state index in [1.54, 1.807) is 0 Å². The third-order valence-corrected chi connectivity index (χ3v) is 1.99. The molecular formula is C8H6ClFN2O3. The average Bonchev–Trinajstić information content (AvgIpc) is 2.19. The molecule has 0 spiro atoms. The first kappa shape index (κ1) is 11.4. The maximum absolute atomic E-state index is 13.1. The molecule has 1 aromatic rings. The summed E-state index contributed by atoms with van der Waals surface area (Å²) in [6, 6.07) is 1.92. The molecule has 7 heteroatoms. The van der Waals surface area contributed by atoms with Crippen LogP contribution < -0.4 is 5.73 Å². The van der Waals surface area contributed by atoms with Gasteiger partial charge in [-0.25, -0.2) is 0 Å². The highest BCUT2D eigenvalue weighted by Crippen LogP contribution is 2.28. The fourth-order valence-corrected chi connectivity index (χ4v) is 1.25. The molecule has 0 heterocycles. The van der Waals surface area contributed by atoms with Crippen molar-refractivity contribution in [2.45, 2.75) is 0 Å². The van der Waals surface area contributed by atoms with E-state index in [-0.39, 0.29) is 5.69 Å². The molecule has 1 rings (SSSR count). The SMILES string of the molecule is Nc1ccc(F)c([N+](=O)[O-])c1C(=O)CCl. The van der Waals surface area contributed by atoms with Crippen molar-refractivity contribution < 1.29 is 14.1 Å². The van der Waals surface area contributed by atoms with Crippen LogP contribution in [0.2, 0.25) is 0 Å². The minimum Gasteiger partial charge on any atom is -0.398 e. The molecule has 0 saturated carbocycles. The number of nitro benzene ring substituents is 1. The standard InChI is InChI=1S/C8H6ClFN2O3/c9-3-6(13)7-5(11)2-1-4(10)8(7)12(14)15/h1-2H,3,11H2. The smallest absolute Gasteiger partial charge is 0.317 e. The van der Waals surface area contributed by atoms with E-state index in [2.05, 4.69) is 0 Å². The number of nitrogens with zero attached hydrogens (tertiary/aromatic N) is 1. The number of nitrogens with two attached hydrogens (primary N) is 1. The maximum atomic E-state index is 13.1. The molecule has 0 bridgehead atoms. The monoisotopic (exact) mass is 232 g/mol. The Bertz CT molecular complexity index is 436. The largest absolute Gasteiger partial charge is 0.398 e. The van der Waals surface area contributed by atoms with E-state index >= 15 is 0 Å². The molecule has 0 aliphatic carbocycles. The minimum atomic E-state index is -1.11. The zero-order chi connectivity index (χ0) is 11.6. The van der Waals surface area contributed by atoms with E-state index in [9.17, 15) is 19.3 Å². The Morgan fingerprint density at radius 2 is 2.20 bits per heavy atom. The van der Waals surface area contributed by atoms with Gasteiger partial charge >= 0.3 is 5.69 Å². The Labute approximate surface area is 88.8 Å². The first-order chi connectivity index (χ1) is 6.99. The van der Waals surface area contributed by atoms with Gasteiger partial charge in [0.1, 0.15) is 5.56 Å². The summed E-state index contributed by atoms with van der Waals surface area (Å²) in [6.45, 7) is 0. The Hall–Kier alpha value is -1.69. The van der Waals surface area contributed by atoms with Gasteiger partial charge in [-0.3, -0.25) is 14.9 Å². The highest BCUT2D eigenvalue weighted by atomic mass is 35.5. The van der Waals surface area contributed by atoms with Crippen LogP contribution in [0.4, 0.5) is 15.8 Å². The van der Waals surface area contributed by atoms with E-state index in [1.165, 1.54) is 0 Å². The molecule has 0 amide bonds. The van der Waals surface area contributed by atoms with Gasteiger partial charge in [-0.15, -0.1) is 11.6 Å². The van der Waals surface area contributed by atoms with Gasteiger partial charge in [0.25, 0.3) is 0 Å². The van der Waals surface area contributed by atoms with Crippen molar-refractivity contribution in [1.29, 1.82) is 0 Å². The highest BCUT2D eigenvalue weighted by molar-refractivity contribution is 6.31. The molecular weight excluding hydrogens is 227 g/mol. The highest BCUT2D eigenvalue weighted by Gasteiger charge is 2.26. The van der Waals surface area contributed by atoms with Crippen molar-refractivity contribution in [3.63, 3.8) is 0 Å². The number of hydrogen-bond acceptors (Lipinski definition) is 4. The van der Waals surface area contributed by atoms with Crippen LogP contribution in [0.15, 0.2) is 12.1 Å². The predicted molar refractivity (Wildman–Crippen MR) is 52.5 cm³/mol. The van der Waals surface area contributed by atoms with Gasteiger partial charge in [-0.05, 0) is 12.1 Å². The number of carbonyl (C=O) groups is 1. The summed E-state index contributed by atoms with van der Waals surface area (Å²) in [5, 5.41) is 10.5. The quantitative estimate of drug-likeness (QED) is 0.283. The van der Waals surface area contributed by atoms with Crippen LogP contribution in [-0.2, 0) is 0 Å². The zero-order valence-electron chi connectivity index (χ0n) is 7.37. The number of halogens is 2. The van der Waals surface area contributed by atoms with Crippen molar-refractivity contribution in [1.82, 2.24) is 0 Å². The summed E-state index contributed by atoms with van der Waals surface area (Å²) < 4.78 is 13.1. The molecule has 80 valence electrons. The van der Waals surface area contributed by atoms with Gasteiger partial charge in [0.15, 0.2) is 5.78 Å². The normalized spacial score (nSPS) is 10.0. The van der Waals surface area contributed by atoms with Crippen LogP contribution in [0.3, 0.4) is 0 Å². The minimum absolute atomic E-state index is 0.159. The van der Waals surface area contributed by atoms with Crippen molar-refractivity contribution >= 4 is 28.8 Å². The van der Waals surface area contributed by atoms with Crippen LogP contribution in [0.5, 0.6) is 0 Å². The number of benzene rings is 1. The van der Waals surface area contributed by atoms with Crippen LogP contribution in [-0.4, -0.2) is 16.6 Å². The van der Waals surface area contributed by atoms with Crippen LogP contribution in [0.25, 0.3) is 0 Å². The second-order valence-corrected chi connectivity index (χ2v) is 2.94. The molecule has 0 aliphatic rings. The Morgan fingerprint density at radius 1 is 1.60 bits per heavy atom. The Balaban J connectivity index is 3.52. The molecule has 0 radical (unpaired) electrons. The number of ketones is 1. The van der Waals surface area contributed by atoms with E-state index in [4.69, 9.17) is 17.3 Å². The predicted octanol–water partition coefficient (Wildman–Crippen LogP) is 1.74. The second kappa shape index (κ2) is 4.22. The van der Waals surface area contributed by atoms with Crippen LogP contribution in [0.1, 0.15) is 10.4 Å². The summed E-state index contributed by atoms with van der Waals surface area (Å²) in [4.78, 5) is 20.8. The fraction of sp³-hybridized carbons (Fsp3) is 0.125. The number of anilines is 1. The third kappa shape index (κ3) is 2.04. The lowest BCUT2D eigenvalue weighted by Crippen LogP contribution is -2.10. The van der Waals surface area contributed by atoms with Crippen molar-refractivity contribution in [3.05, 3.63) is 33.6 Å². The van der Waals surface area contributed by atoms with E-state index in [0.29, 0.717) is 0 Å². The molecule has 2 N–H and O–H groups in total. The topological polar surface area (TPSA) is 86.2 Å². The number of hydrogen-bond donors (Lipinski definition) is 1. The second-order valence-electron chi connectivity index (χ2n) is 2.67. The van der Waals surface area contributed by atoms with Gasteiger partial charge < -0.3 is 5.73 Å². The molecule has 0 unspecified atom stereocenters. The summed E-state index contributed by atoms with van der Waals surface area (Å²) >= 11 is 5.24. The maximum Gasteiger partial charge on any atom is 0.317 e. The summed E-state index contributed by atoms with van der Waals surface area (Å²) in [6.07, 6.45) is 0. The van der Waals surface area contributed by atoms with Gasteiger partial charge in [0.05, 0.1) is 10.8 Å². The lowest BCUT2D eigenvalue weighted by molar-refractivity contribution is -0.387. The molecule has 15 heavy (non-hydrogen) atoms. The number of alkyl halides is 1. The molecule has 0 aliphatic heterocycles. The van der Waals surface area contributed by atoms with Gasteiger partial charge in [-0.1, -0.05) is 0 Å². The van der Waals surface area contributed by atoms with Gasteiger partial charge in [0, 0.05) is 5.69 Å². The zero-order valence-corrected chi connectivity index (χ0v) is 8.12. The van der Waals surface area contributed by atoms with Gasteiger partial charge in [-0.2, -0.15) is 4.39 Å². The summed E-state index contributed by atoms with van der Waals surface area (Å²) in [5.41, 5.74) is 3.79. The Morgan fingerprint density at radius 3 is 2.67 bits per heavy atom. The molecule has 0 saturated heterocycles. The molecule has 0 fully saturated rings. The van der Waals surface area contributed by atoms with Crippen LogP contribution in [0, 0.1) is 15.9 Å². The number of nitrogen functional groups attached to an aromatic ring is 1. The summed E-state index contributed by atoms with van der Waals surface area (Å²) in [5.74, 6) is -2.38. The van der Waals surface area contributed by atoms with E-state index < -0.39 is 33.7 Å². The van der Waals surface area contributed by atoms with Crippen molar-refractivity contribution in [2.24, 2.45) is 0 Å². The molecule has 0 aromatic heterocycles. The number of rotatable bonds is 3. The first-order valence-electron chi connectivity index (χ1n) is 3.80. The first-order valence-corrected chi connectivity index (χ1v) is 4.34. The van der Waals surface area contributed by atoms with E-state index in [0.717, 1.165) is 12.1 Å². The van der Waals surface area contributed by atoms with Crippen molar-refractivity contribution in [3.8, 4) is 0 Å². The van der Waals surface area contributed by atoms with Gasteiger partial charge in [0.2, 0.25) is 5.82 Å². The molecule has 0 atom stereocenters. The number of Topliss-reactive ketones (excluding diaryl/α,β-unsaturated/α-hetero) is 1. The average molecular weight is 233 g/mol. The number of carbonyl (C=O) groups excluding carboxylic acids is 1.